The van der Waals surface area contributed by atoms with E-state index < -0.39 is 10.0 Å². The highest BCUT2D eigenvalue weighted by Gasteiger charge is 2.19. The number of carbonyl (C=O) groups is 1. The third kappa shape index (κ3) is 6.68. The summed E-state index contributed by atoms with van der Waals surface area (Å²) >= 11 is 7.23. The zero-order chi connectivity index (χ0) is 22.3. The summed E-state index contributed by atoms with van der Waals surface area (Å²) in [6, 6.07) is 18.7. The highest BCUT2D eigenvalue weighted by atomic mass is 35.5. The lowest BCUT2D eigenvalue weighted by Crippen LogP contribution is -2.24. The molecular weight excluding hydrogens is 456 g/mol. The fraction of sp³-hybridized carbons (Fsp3) is 0.190. The number of halogens is 1. The molecule has 0 saturated carbocycles. The summed E-state index contributed by atoms with van der Waals surface area (Å²) < 4.78 is 27.3. The smallest absolute Gasteiger partial charge is 0.263 e. The molecule has 7 nitrogen and oxygen atoms in total. The first-order chi connectivity index (χ1) is 14.9. The molecule has 0 fully saturated rings. The second-order valence-electron chi connectivity index (χ2n) is 6.55. The second-order valence-corrected chi connectivity index (χ2v) is 9.81. The minimum Gasteiger partial charge on any atom is -0.325 e. The van der Waals surface area contributed by atoms with Crippen LogP contribution in [0.15, 0.2) is 71.6 Å². The van der Waals surface area contributed by atoms with E-state index in [4.69, 9.17) is 11.6 Å². The van der Waals surface area contributed by atoms with Gasteiger partial charge in [-0.2, -0.15) is 0 Å². The van der Waals surface area contributed by atoms with Crippen LogP contribution in [-0.2, 0) is 20.6 Å². The van der Waals surface area contributed by atoms with Gasteiger partial charge in [0.15, 0.2) is 11.0 Å². The fourth-order valence-electron chi connectivity index (χ4n) is 2.66. The molecule has 1 unspecified atom stereocenters. The molecule has 0 aliphatic carbocycles. The lowest BCUT2D eigenvalue weighted by Gasteiger charge is -2.15. The van der Waals surface area contributed by atoms with Crippen LogP contribution in [0.4, 0.5) is 11.5 Å². The first kappa shape index (κ1) is 23.1. The molecule has 0 saturated heterocycles. The topological polar surface area (TPSA) is 101 Å². The molecule has 10 heteroatoms. The predicted molar refractivity (Wildman–Crippen MR) is 125 cm³/mol. The van der Waals surface area contributed by atoms with Crippen molar-refractivity contribution in [3.8, 4) is 0 Å². The van der Waals surface area contributed by atoms with Crippen LogP contribution in [0.5, 0.6) is 0 Å². The minimum atomic E-state index is -3.84. The molecule has 0 aliphatic rings. The van der Waals surface area contributed by atoms with Gasteiger partial charge in [0.2, 0.25) is 5.91 Å². The monoisotopic (exact) mass is 476 g/mol. The molecule has 1 aromatic heterocycles. The van der Waals surface area contributed by atoms with Crippen LogP contribution in [0.3, 0.4) is 0 Å². The van der Waals surface area contributed by atoms with E-state index in [1.54, 1.807) is 23.9 Å². The standard InChI is InChI=1S/C21H21ClN4O3S2/c1-2-18(30-14-15-6-4-3-5-7-15)21(27)23-16-8-10-17(11-9-16)31(28,29)26-20-13-12-19(22)24-25-20/h3-13,18H,2,14H2,1H3,(H,23,27)(H,25,26). The van der Waals surface area contributed by atoms with E-state index in [0.717, 1.165) is 11.3 Å². The van der Waals surface area contributed by atoms with Crippen LogP contribution in [0, 0.1) is 0 Å². The molecule has 0 radical (unpaired) electrons. The van der Waals surface area contributed by atoms with E-state index >= 15 is 0 Å². The second kappa shape index (κ2) is 10.6. The van der Waals surface area contributed by atoms with E-state index in [1.807, 2.05) is 37.3 Å². The molecular formula is C21H21ClN4O3S2. The van der Waals surface area contributed by atoms with Crippen molar-refractivity contribution in [1.82, 2.24) is 10.2 Å². The number of rotatable bonds is 9. The molecule has 0 aliphatic heterocycles. The minimum absolute atomic E-state index is 0.0349. The number of hydrogen-bond donors (Lipinski definition) is 2. The van der Waals surface area contributed by atoms with Gasteiger partial charge in [0, 0.05) is 11.4 Å². The Bertz CT molecular complexity index is 1110. The maximum atomic E-state index is 12.6. The molecule has 1 heterocycles. The average Bonchev–Trinajstić information content (AvgIpc) is 2.77. The van der Waals surface area contributed by atoms with Crippen LogP contribution in [0.2, 0.25) is 5.15 Å². The van der Waals surface area contributed by atoms with Gasteiger partial charge in [-0.05, 0) is 48.4 Å². The Hall–Kier alpha value is -2.62. The number of anilines is 2. The van der Waals surface area contributed by atoms with Gasteiger partial charge >= 0.3 is 0 Å². The summed E-state index contributed by atoms with van der Waals surface area (Å²) in [5.41, 5.74) is 1.68. The van der Waals surface area contributed by atoms with Crippen molar-refractivity contribution >= 4 is 50.8 Å². The quantitative estimate of drug-likeness (QED) is 0.468. The van der Waals surface area contributed by atoms with E-state index in [0.29, 0.717) is 12.1 Å². The number of benzene rings is 2. The molecule has 31 heavy (non-hydrogen) atoms. The van der Waals surface area contributed by atoms with Gasteiger partial charge in [-0.3, -0.25) is 9.52 Å². The highest BCUT2D eigenvalue weighted by molar-refractivity contribution is 7.99. The Kier molecular flexibility index (Phi) is 7.89. The third-order valence-electron chi connectivity index (χ3n) is 4.26. The molecule has 0 spiro atoms. The summed E-state index contributed by atoms with van der Waals surface area (Å²) in [5.74, 6) is 0.681. The van der Waals surface area contributed by atoms with Crippen LogP contribution >= 0.6 is 23.4 Å². The molecule has 2 aromatic carbocycles. The number of thioether (sulfide) groups is 1. The number of sulfonamides is 1. The Morgan fingerprint density at radius 3 is 2.35 bits per heavy atom. The van der Waals surface area contributed by atoms with E-state index in [2.05, 4.69) is 20.2 Å². The Labute approximate surface area is 190 Å². The Morgan fingerprint density at radius 1 is 1.03 bits per heavy atom. The van der Waals surface area contributed by atoms with Crippen LogP contribution in [0.1, 0.15) is 18.9 Å². The summed E-state index contributed by atoms with van der Waals surface area (Å²) in [6.45, 7) is 1.96. The average molecular weight is 477 g/mol. The first-order valence-electron chi connectivity index (χ1n) is 9.46. The highest BCUT2D eigenvalue weighted by Crippen LogP contribution is 2.23. The van der Waals surface area contributed by atoms with Crippen molar-refractivity contribution in [3.05, 3.63) is 77.4 Å². The molecule has 1 atom stereocenters. The van der Waals surface area contributed by atoms with Gasteiger partial charge in [-0.25, -0.2) is 8.42 Å². The number of nitrogens with zero attached hydrogens (tertiary/aromatic N) is 2. The Balaban J connectivity index is 1.60. The number of nitrogens with one attached hydrogen (secondary N) is 2. The normalized spacial score (nSPS) is 12.2. The lowest BCUT2D eigenvalue weighted by molar-refractivity contribution is -0.115. The van der Waals surface area contributed by atoms with E-state index in [1.165, 1.54) is 24.3 Å². The van der Waals surface area contributed by atoms with Crippen molar-refractivity contribution in [3.63, 3.8) is 0 Å². The number of carbonyl (C=O) groups excluding carboxylic acids is 1. The van der Waals surface area contributed by atoms with Gasteiger partial charge in [0.25, 0.3) is 10.0 Å². The van der Waals surface area contributed by atoms with Crippen molar-refractivity contribution in [2.45, 2.75) is 29.2 Å². The third-order valence-corrected chi connectivity index (χ3v) is 7.28. The first-order valence-corrected chi connectivity index (χ1v) is 12.4. The lowest BCUT2D eigenvalue weighted by atomic mass is 10.2. The number of amides is 1. The van der Waals surface area contributed by atoms with E-state index in [9.17, 15) is 13.2 Å². The van der Waals surface area contributed by atoms with Crippen LogP contribution in [-0.4, -0.2) is 29.8 Å². The zero-order valence-electron chi connectivity index (χ0n) is 16.7. The molecule has 2 N–H and O–H groups in total. The van der Waals surface area contributed by atoms with Crippen LogP contribution in [0.25, 0.3) is 0 Å². The zero-order valence-corrected chi connectivity index (χ0v) is 19.0. The summed E-state index contributed by atoms with van der Waals surface area (Å²) in [5, 5.41) is 10.1. The number of aromatic nitrogens is 2. The molecule has 3 aromatic rings. The molecule has 162 valence electrons. The van der Waals surface area contributed by atoms with Crippen molar-refractivity contribution in [2.24, 2.45) is 0 Å². The van der Waals surface area contributed by atoms with Gasteiger partial charge in [0.05, 0.1) is 10.1 Å². The SMILES string of the molecule is CCC(SCc1ccccc1)C(=O)Nc1ccc(S(=O)(=O)Nc2ccc(Cl)nn2)cc1. The fourth-order valence-corrected chi connectivity index (χ4v) is 4.79. The predicted octanol–water partition coefficient (Wildman–Crippen LogP) is 4.58. The van der Waals surface area contributed by atoms with Crippen molar-refractivity contribution < 1.29 is 13.2 Å². The molecule has 0 bridgehead atoms. The van der Waals surface area contributed by atoms with Gasteiger partial charge < -0.3 is 5.32 Å². The molecule has 1 amide bonds. The Morgan fingerprint density at radius 2 is 1.74 bits per heavy atom. The largest absolute Gasteiger partial charge is 0.325 e. The summed E-state index contributed by atoms with van der Waals surface area (Å²) in [4.78, 5) is 12.7. The molecule has 3 rings (SSSR count). The van der Waals surface area contributed by atoms with Crippen molar-refractivity contribution in [1.29, 1.82) is 0 Å². The summed E-state index contributed by atoms with van der Waals surface area (Å²) in [6.07, 6.45) is 0.682. The maximum absolute atomic E-state index is 12.6. The van der Waals surface area contributed by atoms with Gasteiger partial charge in [-0.1, -0.05) is 48.9 Å². The van der Waals surface area contributed by atoms with Crippen molar-refractivity contribution in [2.75, 3.05) is 10.0 Å². The van der Waals surface area contributed by atoms with Crippen LogP contribution < -0.4 is 10.0 Å². The maximum Gasteiger partial charge on any atom is 0.263 e. The summed E-state index contributed by atoms with van der Waals surface area (Å²) in [7, 11) is -3.84. The number of hydrogen-bond acceptors (Lipinski definition) is 6. The van der Waals surface area contributed by atoms with Gasteiger partial charge in [-0.15, -0.1) is 22.0 Å². The van der Waals surface area contributed by atoms with E-state index in [-0.39, 0.29) is 27.0 Å². The van der Waals surface area contributed by atoms with Gasteiger partial charge in [0.1, 0.15) is 0 Å².